The summed E-state index contributed by atoms with van der Waals surface area (Å²) in [7, 11) is 0. The lowest BCUT2D eigenvalue weighted by Crippen LogP contribution is -1.87. The summed E-state index contributed by atoms with van der Waals surface area (Å²) in [5.41, 5.74) is 1.48. The Labute approximate surface area is 55.8 Å². The molecule has 0 aromatic carbocycles. The van der Waals surface area contributed by atoms with Gasteiger partial charge in [0.25, 0.3) is 0 Å². The van der Waals surface area contributed by atoms with Gasteiger partial charge in [-0.15, -0.1) is 0 Å². The highest BCUT2D eigenvalue weighted by Crippen LogP contribution is 1.92. The number of nitrogens with one attached hydrogen (secondary N) is 1. The zero-order valence-corrected chi connectivity index (χ0v) is 6.10. The van der Waals surface area contributed by atoms with E-state index in [1.54, 1.807) is 19.3 Å². The van der Waals surface area contributed by atoms with Crippen LogP contribution in [-0.4, -0.2) is 11.9 Å². The highest BCUT2D eigenvalue weighted by molar-refractivity contribution is 5.95. The third-order valence-corrected chi connectivity index (χ3v) is 1.01. The van der Waals surface area contributed by atoms with Gasteiger partial charge in [0.05, 0.1) is 0 Å². The van der Waals surface area contributed by atoms with Crippen molar-refractivity contribution in [2.75, 3.05) is 0 Å². The van der Waals surface area contributed by atoms with Crippen LogP contribution in [0.5, 0.6) is 0 Å². The fourth-order valence-corrected chi connectivity index (χ4v) is 0.283. The van der Waals surface area contributed by atoms with Crippen molar-refractivity contribution in [3.8, 4) is 0 Å². The first-order valence-electron chi connectivity index (χ1n) is 2.88. The van der Waals surface area contributed by atoms with E-state index in [1.807, 2.05) is 13.8 Å². The smallest absolute Gasteiger partial charge is 0.0327 e. The molecular weight excluding hydrogens is 112 g/mol. The number of hydrogen-bond acceptors (Lipinski definition) is 2. The average Bonchev–Trinajstić information content (AvgIpc) is 1.82. The van der Waals surface area contributed by atoms with E-state index in [9.17, 15) is 0 Å². The molecule has 50 valence electrons. The molecule has 1 N–H and O–H groups in total. The van der Waals surface area contributed by atoms with E-state index >= 15 is 0 Å². The summed E-state index contributed by atoms with van der Waals surface area (Å²) in [5, 5.41) is 7.14. The predicted octanol–water partition coefficient (Wildman–Crippen LogP) is 2.02. The molecule has 0 saturated carbocycles. The first-order valence-corrected chi connectivity index (χ1v) is 2.88. The van der Waals surface area contributed by atoms with Crippen LogP contribution in [0.1, 0.15) is 20.8 Å². The highest BCUT2D eigenvalue weighted by Gasteiger charge is 1.86. The van der Waals surface area contributed by atoms with Crippen LogP contribution in [0.4, 0.5) is 0 Å². The van der Waals surface area contributed by atoms with E-state index in [-0.39, 0.29) is 0 Å². The molecule has 0 saturated heterocycles. The summed E-state index contributed by atoms with van der Waals surface area (Å²) in [6.07, 6.45) is 3.38. The molecule has 0 spiro atoms. The van der Waals surface area contributed by atoms with Gasteiger partial charge in [-0.1, -0.05) is 0 Å². The summed E-state index contributed by atoms with van der Waals surface area (Å²) in [6.45, 7) is 5.47. The van der Waals surface area contributed by atoms with Crippen molar-refractivity contribution in [1.29, 1.82) is 5.41 Å². The van der Waals surface area contributed by atoms with Crippen molar-refractivity contribution in [3.63, 3.8) is 0 Å². The van der Waals surface area contributed by atoms with E-state index in [0.717, 1.165) is 5.57 Å². The first-order chi connectivity index (χ1) is 4.18. The molecule has 0 radical (unpaired) electrons. The standard InChI is InChI=1S/C7H12N2/c1-4-9-5-6(2)7(3)8/h4-5,8H,1-3H3/b6-5-,8-7?,9-4?. The molecule has 9 heavy (non-hydrogen) atoms. The van der Waals surface area contributed by atoms with Gasteiger partial charge in [0.2, 0.25) is 0 Å². The van der Waals surface area contributed by atoms with Gasteiger partial charge in [0.15, 0.2) is 0 Å². The van der Waals surface area contributed by atoms with Crippen LogP contribution >= 0.6 is 0 Å². The largest absolute Gasteiger partial charge is 0.305 e. The minimum Gasteiger partial charge on any atom is -0.305 e. The molecule has 0 aromatic heterocycles. The quantitative estimate of drug-likeness (QED) is 0.547. The van der Waals surface area contributed by atoms with Crippen molar-refractivity contribution < 1.29 is 0 Å². The van der Waals surface area contributed by atoms with Crippen LogP contribution in [-0.2, 0) is 0 Å². The SMILES string of the molecule is CC=N/C=C(/C)C(C)=N. The maximum absolute atomic E-state index is 7.14. The summed E-state index contributed by atoms with van der Waals surface area (Å²) < 4.78 is 0. The van der Waals surface area contributed by atoms with Gasteiger partial charge < -0.3 is 5.41 Å². The Kier molecular flexibility index (Phi) is 3.60. The van der Waals surface area contributed by atoms with Gasteiger partial charge >= 0.3 is 0 Å². The fourth-order valence-electron chi connectivity index (χ4n) is 0.283. The van der Waals surface area contributed by atoms with Crippen molar-refractivity contribution in [3.05, 3.63) is 11.8 Å². The van der Waals surface area contributed by atoms with E-state index in [4.69, 9.17) is 5.41 Å². The predicted molar refractivity (Wildman–Crippen MR) is 41.3 cm³/mol. The molecule has 0 aliphatic rings. The third kappa shape index (κ3) is 3.64. The van der Waals surface area contributed by atoms with Crippen LogP contribution in [0.3, 0.4) is 0 Å². The Morgan fingerprint density at radius 1 is 1.44 bits per heavy atom. The first kappa shape index (κ1) is 8.08. The Bertz CT molecular complexity index is 154. The molecule has 0 rings (SSSR count). The van der Waals surface area contributed by atoms with Crippen LogP contribution in [0.25, 0.3) is 0 Å². The molecule has 0 unspecified atom stereocenters. The Morgan fingerprint density at radius 3 is 2.33 bits per heavy atom. The molecule has 0 aromatic rings. The molecule has 0 amide bonds. The van der Waals surface area contributed by atoms with Gasteiger partial charge in [-0.05, 0) is 26.3 Å². The number of nitrogens with zero attached hydrogens (tertiary/aromatic N) is 1. The minimum absolute atomic E-state index is 0.570. The molecule has 0 aliphatic carbocycles. The molecule has 2 heteroatoms. The Hall–Kier alpha value is -0.920. The molecule has 0 aliphatic heterocycles. The van der Waals surface area contributed by atoms with Gasteiger partial charge in [0, 0.05) is 18.1 Å². The lowest BCUT2D eigenvalue weighted by molar-refractivity contribution is 1.38. The molecule has 0 fully saturated rings. The number of aliphatic imine (C=N–C) groups is 1. The van der Waals surface area contributed by atoms with E-state index < -0.39 is 0 Å². The van der Waals surface area contributed by atoms with E-state index in [2.05, 4.69) is 4.99 Å². The van der Waals surface area contributed by atoms with Gasteiger partial charge in [-0.3, -0.25) is 4.99 Å². The monoisotopic (exact) mass is 124 g/mol. The van der Waals surface area contributed by atoms with Crippen LogP contribution in [0.15, 0.2) is 16.8 Å². The van der Waals surface area contributed by atoms with Crippen LogP contribution in [0, 0.1) is 5.41 Å². The topological polar surface area (TPSA) is 36.2 Å². The van der Waals surface area contributed by atoms with Gasteiger partial charge in [-0.2, -0.15) is 0 Å². The number of allylic oxidation sites excluding steroid dienone is 1. The normalized spacial score (nSPS) is 12.6. The highest BCUT2D eigenvalue weighted by atomic mass is 14.7. The minimum atomic E-state index is 0.570. The van der Waals surface area contributed by atoms with E-state index in [1.165, 1.54) is 0 Å². The lowest BCUT2D eigenvalue weighted by Gasteiger charge is -1.90. The third-order valence-electron chi connectivity index (χ3n) is 1.01. The van der Waals surface area contributed by atoms with E-state index in [0.29, 0.717) is 5.71 Å². The molecule has 0 heterocycles. The summed E-state index contributed by atoms with van der Waals surface area (Å²) >= 11 is 0. The Morgan fingerprint density at radius 2 is 2.00 bits per heavy atom. The molecule has 2 nitrogen and oxygen atoms in total. The summed E-state index contributed by atoms with van der Waals surface area (Å²) in [5.74, 6) is 0. The average molecular weight is 124 g/mol. The number of hydrogen-bond donors (Lipinski definition) is 1. The van der Waals surface area contributed by atoms with Crippen LogP contribution < -0.4 is 0 Å². The second-order valence-corrected chi connectivity index (χ2v) is 1.84. The van der Waals surface area contributed by atoms with Crippen molar-refractivity contribution in [2.45, 2.75) is 20.8 Å². The van der Waals surface area contributed by atoms with Gasteiger partial charge in [-0.25, -0.2) is 0 Å². The molecule has 0 atom stereocenters. The van der Waals surface area contributed by atoms with Crippen molar-refractivity contribution in [1.82, 2.24) is 0 Å². The van der Waals surface area contributed by atoms with Crippen molar-refractivity contribution in [2.24, 2.45) is 4.99 Å². The summed E-state index contributed by atoms with van der Waals surface area (Å²) in [4.78, 5) is 3.87. The second-order valence-electron chi connectivity index (χ2n) is 1.84. The number of rotatable bonds is 2. The lowest BCUT2D eigenvalue weighted by atomic mass is 10.2. The van der Waals surface area contributed by atoms with Crippen LogP contribution in [0.2, 0.25) is 0 Å². The van der Waals surface area contributed by atoms with Gasteiger partial charge in [0.1, 0.15) is 0 Å². The zero-order chi connectivity index (χ0) is 7.28. The van der Waals surface area contributed by atoms with Crippen molar-refractivity contribution >= 4 is 11.9 Å². The maximum Gasteiger partial charge on any atom is 0.0327 e. The molecule has 0 bridgehead atoms. The summed E-state index contributed by atoms with van der Waals surface area (Å²) in [6, 6.07) is 0. The maximum atomic E-state index is 7.14. The second kappa shape index (κ2) is 4.01. The zero-order valence-electron chi connectivity index (χ0n) is 6.10. The Balaban J connectivity index is 4.00. The molecular formula is C7H12N2. The fraction of sp³-hybridized carbons (Fsp3) is 0.429.